The highest BCUT2D eigenvalue weighted by molar-refractivity contribution is 14.0. The third kappa shape index (κ3) is 5.27. The van der Waals surface area contributed by atoms with Crippen molar-refractivity contribution in [2.45, 2.75) is 39.8 Å². The van der Waals surface area contributed by atoms with Crippen molar-refractivity contribution in [1.82, 2.24) is 15.1 Å². The molecule has 1 saturated heterocycles. The minimum absolute atomic E-state index is 0. The average Bonchev–Trinajstić information content (AvgIpc) is 2.60. The second-order valence-corrected chi connectivity index (χ2v) is 8.16. The number of benzene rings is 1. The highest BCUT2D eigenvalue weighted by atomic mass is 127. The van der Waals surface area contributed by atoms with Gasteiger partial charge in [0.15, 0.2) is 5.96 Å². The average molecular weight is 488 g/mol. The van der Waals surface area contributed by atoms with Gasteiger partial charge in [-0.25, -0.2) is 4.99 Å². The van der Waals surface area contributed by atoms with Crippen molar-refractivity contribution in [3.63, 3.8) is 0 Å². The molecule has 7 heteroatoms. The van der Waals surface area contributed by atoms with Gasteiger partial charge in [0.05, 0.1) is 20.2 Å². The monoisotopic (exact) mass is 488 g/mol. The number of aliphatic imine (C=N–C) groups is 1. The predicted molar refractivity (Wildman–Crippen MR) is 121 cm³/mol. The number of nitrogens with one attached hydrogen (secondary N) is 1. The van der Waals surface area contributed by atoms with Crippen LogP contribution in [0.3, 0.4) is 0 Å². The number of methoxy groups -OCH3 is 1. The van der Waals surface area contributed by atoms with Crippen LogP contribution in [0.5, 0.6) is 5.75 Å². The first-order chi connectivity index (χ1) is 12.1. The van der Waals surface area contributed by atoms with Gasteiger partial charge in [-0.1, -0.05) is 26.0 Å². The fourth-order valence-corrected chi connectivity index (χ4v) is 2.85. The first kappa shape index (κ1) is 23.5. The van der Waals surface area contributed by atoms with E-state index in [0.717, 1.165) is 23.8 Å². The van der Waals surface area contributed by atoms with E-state index in [1.165, 1.54) is 0 Å². The van der Waals surface area contributed by atoms with E-state index in [9.17, 15) is 4.79 Å². The van der Waals surface area contributed by atoms with Gasteiger partial charge in [-0.15, -0.1) is 24.0 Å². The van der Waals surface area contributed by atoms with Crippen molar-refractivity contribution in [3.8, 4) is 5.75 Å². The van der Waals surface area contributed by atoms with Crippen LogP contribution in [-0.2, 0) is 11.3 Å². The number of amides is 1. The predicted octanol–water partition coefficient (Wildman–Crippen LogP) is 2.97. The van der Waals surface area contributed by atoms with Gasteiger partial charge in [0, 0.05) is 31.6 Å². The van der Waals surface area contributed by atoms with Gasteiger partial charge in [0.1, 0.15) is 5.75 Å². The first-order valence-corrected chi connectivity index (χ1v) is 8.97. The maximum Gasteiger partial charge on any atom is 0.241 e. The van der Waals surface area contributed by atoms with Gasteiger partial charge < -0.3 is 19.9 Å². The molecule has 1 aliphatic heterocycles. The zero-order valence-corrected chi connectivity index (χ0v) is 19.8. The number of halogens is 1. The SMILES string of the molecule is COc1ccc(CN=C(NCC(=O)N(C)C)N2CC(C)(C)C2(C)C)cc1.I. The third-order valence-corrected chi connectivity index (χ3v) is 5.61. The van der Waals surface area contributed by atoms with Crippen molar-refractivity contribution in [1.29, 1.82) is 0 Å². The zero-order chi connectivity index (χ0) is 19.5. The molecule has 27 heavy (non-hydrogen) atoms. The van der Waals surface area contributed by atoms with Crippen LogP contribution in [0, 0.1) is 5.41 Å². The summed E-state index contributed by atoms with van der Waals surface area (Å²) in [6.45, 7) is 10.6. The van der Waals surface area contributed by atoms with Gasteiger partial charge in [0.25, 0.3) is 0 Å². The van der Waals surface area contributed by atoms with Crippen molar-refractivity contribution >= 4 is 35.8 Å². The summed E-state index contributed by atoms with van der Waals surface area (Å²) >= 11 is 0. The fraction of sp³-hybridized carbons (Fsp3) is 0.600. The lowest BCUT2D eigenvalue weighted by molar-refractivity contribution is -0.127. The van der Waals surface area contributed by atoms with Crippen molar-refractivity contribution < 1.29 is 9.53 Å². The molecule has 1 heterocycles. The van der Waals surface area contributed by atoms with E-state index in [1.54, 1.807) is 26.1 Å². The number of carbonyl (C=O) groups excluding carboxylic acids is 1. The second-order valence-electron chi connectivity index (χ2n) is 8.16. The zero-order valence-electron chi connectivity index (χ0n) is 17.5. The third-order valence-electron chi connectivity index (χ3n) is 5.61. The Kier molecular flexibility index (Phi) is 7.95. The Morgan fingerprint density at radius 3 is 2.26 bits per heavy atom. The van der Waals surface area contributed by atoms with Crippen LogP contribution < -0.4 is 10.1 Å². The molecule has 0 unspecified atom stereocenters. The van der Waals surface area contributed by atoms with Crippen molar-refractivity contribution in [3.05, 3.63) is 29.8 Å². The lowest BCUT2D eigenvalue weighted by atomic mass is 9.65. The molecule has 6 nitrogen and oxygen atoms in total. The molecule has 1 fully saturated rings. The molecular weight excluding hydrogens is 455 g/mol. The molecule has 1 aliphatic rings. The van der Waals surface area contributed by atoms with Gasteiger partial charge in [-0.2, -0.15) is 0 Å². The van der Waals surface area contributed by atoms with Crippen LogP contribution in [0.15, 0.2) is 29.3 Å². The molecule has 1 aromatic carbocycles. The summed E-state index contributed by atoms with van der Waals surface area (Å²) in [5.74, 6) is 1.64. The topological polar surface area (TPSA) is 57.2 Å². The number of ether oxygens (including phenoxy) is 1. The quantitative estimate of drug-likeness (QED) is 0.394. The molecule has 2 rings (SSSR count). The number of guanidine groups is 1. The molecular formula is C20H33IN4O2. The Labute approximate surface area is 180 Å². The number of likely N-dealkylation sites (N-methyl/N-ethyl adjacent to an activating group) is 1. The Bertz CT molecular complexity index is 669. The van der Waals surface area contributed by atoms with Crippen LogP contribution in [0.2, 0.25) is 0 Å². The van der Waals surface area contributed by atoms with Gasteiger partial charge >= 0.3 is 0 Å². The van der Waals surface area contributed by atoms with Gasteiger partial charge in [-0.3, -0.25) is 4.79 Å². The molecule has 0 radical (unpaired) electrons. The number of carbonyl (C=O) groups is 1. The number of rotatable bonds is 5. The van der Waals surface area contributed by atoms with E-state index in [4.69, 9.17) is 9.73 Å². The molecule has 0 bridgehead atoms. The highest BCUT2D eigenvalue weighted by Gasteiger charge is 2.53. The number of hydrogen-bond donors (Lipinski definition) is 1. The highest BCUT2D eigenvalue weighted by Crippen LogP contribution is 2.46. The van der Waals surface area contributed by atoms with E-state index in [1.807, 2.05) is 24.3 Å². The largest absolute Gasteiger partial charge is 0.497 e. The minimum Gasteiger partial charge on any atom is -0.497 e. The molecule has 0 atom stereocenters. The summed E-state index contributed by atoms with van der Waals surface area (Å²) in [6, 6.07) is 7.89. The summed E-state index contributed by atoms with van der Waals surface area (Å²) in [7, 11) is 5.17. The maximum atomic E-state index is 12.0. The second kappa shape index (κ2) is 9.12. The van der Waals surface area contributed by atoms with Crippen LogP contribution in [0.1, 0.15) is 33.3 Å². The van der Waals surface area contributed by atoms with Crippen molar-refractivity contribution in [2.75, 3.05) is 34.3 Å². The standard InChI is InChI=1S/C20H32N4O2.HI/c1-19(2)14-24(20(19,3)4)18(22-13-17(25)23(5)6)21-12-15-8-10-16(26-7)11-9-15;/h8-11H,12-14H2,1-7H3,(H,21,22);1H. The summed E-state index contributed by atoms with van der Waals surface area (Å²) in [5, 5.41) is 3.25. The summed E-state index contributed by atoms with van der Waals surface area (Å²) in [5.41, 5.74) is 1.27. The normalized spacial score (nSPS) is 17.4. The smallest absolute Gasteiger partial charge is 0.241 e. The van der Waals surface area contributed by atoms with Crippen LogP contribution in [0.4, 0.5) is 0 Å². The molecule has 1 N–H and O–H groups in total. The molecule has 0 aliphatic carbocycles. The van der Waals surface area contributed by atoms with E-state index >= 15 is 0 Å². The van der Waals surface area contributed by atoms with E-state index in [0.29, 0.717) is 6.54 Å². The number of likely N-dealkylation sites (tertiary alicyclic amines) is 1. The summed E-state index contributed by atoms with van der Waals surface area (Å²) in [4.78, 5) is 20.6. The first-order valence-electron chi connectivity index (χ1n) is 8.97. The Balaban J connectivity index is 0.00000364. The van der Waals surface area contributed by atoms with E-state index in [2.05, 4.69) is 37.9 Å². The molecule has 0 saturated carbocycles. The fourth-order valence-electron chi connectivity index (χ4n) is 2.85. The Morgan fingerprint density at radius 2 is 1.81 bits per heavy atom. The van der Waals surface area contributed by atoms with Crippen LogP contribution >= 0.6 is 24.0 Å². The number of hydrogen-bond acceptors (Lipinski definition) is 3. The molecule has 1 aromatic rings. The minimum atomic E-state index is -0.0279. The van der Waals surface area contributed by atoms with E-state index < -0.39 is 0 Å². The number of nitrogens with zero attached hydrogens (tertiary/aromatic N) is 3. The van der Waals surface area contributed by atoms with Crippen LogP contribution in [-0.4, -0.2) is 61.5 Å². The summed E-state index contributed by atoms with van der Waals surface area (Å²) in [6.07, 6.45) is 0. The molecule has 1 amide bonds. The van der Waals surface area contributed by atoms with E-state index in [-0.39, 0.29) is 47.4 Å². The van der Waals surface area contributed by atoms with Gasteiger partial charge in [-0.05, 0) is 31.5 Å². The lowest BCUT2D eigenvalue weighted by Crippen LogP contribution is -2.72. The molecule has 152 valence electrons. The van der Waals surface area contributed by atoms with Crippen LogP contribution in [0.25, 0.3) is 0 Å². The molecule has 0 spiro atoms. The Morgan fingerprint density at radius 1 is 1.22 bits per heavy atom. The lowest BCUT2D eigenvalue weighted by Gasteiger charge is -2.62. The Hall–Kier alpha value is -1.51. The summed E-state index contributed by atoms with van der Waals surface area (Å²) < 4.78 is 5.20. The van der Waals surface area contributed by atoms with Crippen molar-refractivity contribution in [2.24, 2.45) is 10.4 Å². The maximum absolute atomic E-state index is 12.0. The van der Waals surface area contributed by atoms with Gasteiger partial charge in [0.2, 0.25) is 5.91 Å². The molecule has 0 aromatic heterocycles.